The van der Waals surface area contributed by atoms with E-state index in [4.69, 9.17) is 4.98 Å². The number of fused-ring (bicyclic) bond motifs is 1. The topological polar surface area (TPSA) is 45.2 Å². The van der Waals surface area contributed by atoms with E-state index in [1.807, 2.05) is 20.0 Å². The molecule has 1 aliphatic heterocycles. The predicted octanol–water partition coefficient (Wildman–Crippen LogP) is 3.42. The van der Waals surface area contributed by atoms with Gasteiger partial charge in [0, 0.05) is 43.8 Å². The second kappa shape index (κ2) is 6.36. The Balaban J connectivity index is 1.59. The van der Waals surface area contributed by atoms with Crippen molar-refractivity contribution in [1.82, 2.24) is 15.0 Å². The standard InChI is InChI=1S/C18H21N5S/c1-13-12-15(4-6-19-13)22-7-3-8-23(10-9-22)17-16-5-11-24-18(16)21-14(2)20-17/h4-6,11-12H,3,7-10H2,1-2H3. The van der Waals surface area contributed by atoms with Crippen molar-refractivity contribution in [3.8, 4) is 0 Å². The summed E-state index contributed by atoms with van der Waals surface area (Å²) in [5.74, 6) is 1.94. The van der Waals surface area contributed by atoms with Crippen LogP contribution in [0, 0.1) is 13.8 Å². The fraction of sp³-hybridized carbons (Fsp3) is 0.389. The maximum absolute atomic E-state index is 4.74. The summed E-state index contributed by atoms with van der Waals surface area (Å²) < 4.78 is 0. The van der Waals surface area contributed by atoms with Gasteiger partial charge in [-0.1, -0.05) is 0 Å². The molecule has 0 atom stereocenters. The van der Waals surface area contributed by atoms with Gasteiger partial charge in [0.15, 0.2) is 0 Å². The highest BCUT2D eigenvalue weighted by Gasteiger charge is 2.19. The Bertz CT molecular complexity index is 859. The third-order valence-corrected chi connectivity index (χ3v) is 5.26. The number of aryl methyl sites for hydroxylation is 2. The lowest BCUT2D eigenvalue weighted by Crippen LogP contribution is -2.31. The minimum atomic E-state index is 0.853. The van der Waals surface area contributed by atoms with Gasteiger partial charge in [-0.15, -0.1) is 11.3 Å². The van der Waals surface area contributed by atoms with Crippen LogP contribution in [0.3, 0.4) is 0 Å². The van der Waals surface area contributed by atoms with Gasteiger partial charge in [-0.05, 0) is 43.8 Å². The maximum atomic E-state index is 4.74. The number of hydrogen-bond donors (Lipinski definition) is 0. The molecule has 0 radical (unpaired) electrons. The van der Waals surface area contributed by atoms with Gasteiger partial charge >= 0.3 is 0 Å². The highest BCUT2D eigenvalue weighted by atomic mass is 32.1. The predicted molar refractivity (Wildman–Crippen MR) is 100 cm³/mol. The van der Waals surface area contributed by atoms with E-state index >= 15 is 0 Å². The Morgan fingerprint density at radius 2 is 1.83 bits per heavy atom. The largest absolute Gasteiger partial charge is 0.370 e. The molecule has 0 aromatic carbocycles. The first-order chi connectivity index (χ1) is 11.7. The van der Waals surface area contributed by atoms with Crippen molar-refractivity contribution in [2.24, 2.45) is 0 Å². The summed E-state index contributed by atoms with van der Waals surface area (Å²) in [5, 5.41) is 3.28. The molecule has 6 heteroatoms. The van der Waals surface area contributed by atoms with E-state index in [-0.39, 0.29) is 0 Å². The summed E-state index contributed by atoms with van der Waals surface area (Å²) in [6.45, 7) is 8.09. The van der Waals surface area contributed by atoms with Crippen molar-refractivity contribution in [2.45, 2.75) is 20.3 Å². The molecular formula is C18H21N5S. The molecule has 24 heavy (non-hydrogen) atoms. The summed E-state index contributed by atoms with van der Waals surface area (Å²) in [6.07, 6.45) is 3.02. The summed E-state index contributed by atoms with van der Waals surface area (Å²) in [4.78, 5) is 19.6. The molecule has 4 heterocycles. The molecule has 0 unspecified atom stereocenters. The molecule has 3 aromatic heterocycles. The lowest BCUT2D eigenvalue weighted by atomic mass is 10.3. The van der Waals surface area contributed by atoms with E-state index in [1.165, 1.54) is 11.1 Å². The number of anilines is 2. The molecule has 0 aliphatic carbocycles. The number of aromatic nitrogens is 3. The number of hydrogen-bond acceptors (Lipinski definition) is 6. The lowest BCUT2D eigenvalue weighted by Gasteiger charge is -2.24. The van der Waals surface area contributed by atoms with Crippen LogP contribution in [0.1, 0.15) is 17.9 Å². The zero-order valence-electron chi connectivity index (χ0n) is 14.1. The zero-order chi connectivity index (χ0) is 16.5. The molecule has 5 nitrogen and oxygen atoms in total. The second-order valence-electron chi connectivity index (χ2n) is 6.22. The van der Waals surface area contributed by atoms with Crippen molar-refractivity contribution >= 4 is 33.1 Å². The fourth-order valence-corrected chi connectivity index (χ4v) is 4.10. The zero-order valence-corrected chi connectivity index (χ0v) is 14.9. The van der Waals surface area contributed by atoms with Crippen molar-refractivity contribution in [2.75, 3.05) is 36.0 Å². The molecule has 3 aromatic rings. The Labute approximate surface area is 146 Å². The quantitative estimate of drug-likeness (QED) is 0.716. The van der Waals surface area contributed by atoms with Crippen LogP contribution in [0.4, 0.5) is 11.5 Å². The average molecular weight is 339 g/mol. The number of nitrogens with zero attached hydrogens (tertiary/aromatic N) is 5. The molecule has 0 saturated carbocycles. The highest BCUT2D eigenvalue weighted by Crippen LogP contribution is 2.29. The Morgan fingerprint density at radius 1 is 1.00 bits per heavy atom. The van der Waals surface area contributed by atoms with Crippen LogP contribution in [0.25, 0.3) is 10.2 Å². The van der Waals surface area contributed by atoms with E-state index in [2.05, 4.69) is 43.3 Å². The normalized spacial score (nSPS) is 15.8. The van der Waals surface area contributed by atoms with E-state index < -0.39 is 0 Å². The minimum Gasteiger partial charge on any atom is -0.370 e. The van der Waals surface area contributed by atoms with Gasteiger partial charge < -0.3 is 9.80 Å². The average Bonchev–Trinajstić information content (AvgIpc) is 2.89. The second-order valence-corrected chi connectivity index (χ2v) is 7.11. The molecule has 4 rings (SSSR count). The van der Waals surface area contributed by atoms with E-state index in [0.717, 1.165) is 54.8 Å². The van der Waals surface area contributed by atoms with Gasteiger partial charge in [-0.25, -0.2) is 9.97 Å². The maximum Gasteiger partial charge on any atom is 0.141 e. The Kier molecular flexibility index (Phi) is 4.06. The van der Waals surface area contributed by atoms with Crippen molar-refractivity contribution in [1.29, 1.82) is 0 Å². The van der Waals surface area contributed by atoms with Gasteiger partial charge in [0.2, 0.25) is 0 Å². The number of pyridine rings is 1. The number of rotatable bonds is 2. The first kappa shape index (κ1) is 15.3. The summed E-state index contributed by atoms with van der Waals surface area (Å²) >= 11 is 1.69. The molecule has 0 N–H and O–H groups in total. The van der Waals surface area contributed by atoms with E-state index in [9.17, 15) is 0 Å². The summed E-state index contributed by atoms with van der Waals surface area (Å²) in [5.41, 5.74) is 2.34. The first-order valence-corrected chi connectivity index (χ1v) is 9.23. The van der Waals surface area contributed by atoms with Gasteiger partial charge in [0.1, 0.15) is 16.5 Å². The molecule has 0 spiro atoms. The monoisotopic (exact) mass is 339 g/mol. The van der Waals surface area contributed by atoms with Crippen molar-refractivity contribution in [3.63, 3.8) is 0 Å². The molecule has 124 valence electrons. The van der Waals surface area contributed by atoms with Crippen LogP contribution in [0.15, 0.2) is 29.8 Å². The van der Waals surface area contributed by atoms with Gasteiger partial charge in [0.25, 0.3) is 0 Å². The lowest BCUT2D eigenvalue weighted by molar-refractivity contribution is 0.797. The highest BCUT2D eigenvalue weighted by molar-refractivity contribution is 7.16. The molecular weight excluding hydrogens is 318 g/mol. The smallest absolute Gasteiger partial charge is 0.141 e. The Hall–Kier alpha value is -2.21. The molecule has 1 saturated heterocycles. The van der Waals surface area contributed by atoms with Gasteiger partial charge in [0.05, 0.1) is 5.39 Å². The fourth-order valence-electron chi connectivity index (χ4n) is 3.30. The van der Waals surface area contributed by atoms with Crippen molar-refractivity contribution < 1.29 is 0 Å². The van der Waals surface area contributed by atoms with Crippen LogP contribution in [-0.2, 0) is 0 Å². The Morgan fingerprint density at radius 3 is 2.71 bits per heavy atom. The van der Waals surface area contributed by atoms with Crippen molar-refractivity contribution in [3.05, 3.63) is 41.3 Å². The van der Waals surface area contributed by atoms with Gasteiger partial charge in [-0.3, -0.25) is 4.98 Å². The molecule has 1 fully saturated rings. The van der Waals surface area contributed by atoms with Crippen LogP contribution >= 0.6 is 11.3 Å². The third-order valence-electron chi connectivity index (χ3n) is 4.46. The van der Waals surface area contributed by atoms with Gasteiger partial charge in [-0.2, -0.15) is 0 Å². The van der Waals surface area contributed by atoms with Crippen LogP contribution in [0.2, 0.25) is 0 Å². The molecule has 0 bridgehead atoms. The SMILES string of the molecule is Cc1cc(N2CCCN(c3nc(C)nc4sccc34)CC2)ccn1. The number of thiophene rings is 1. The summed E-state index contributed by atoms with van der Waals surface area (Å²) in [6, 6.07) is 6.42. The summed E-state index contributed by atoms with van der Waals surface area (Å²) in [7, 11) is 0. The molecule has 0 amide bonds. The molecule has 1 aliphatic rings. The minimum absolute atomic E-state index is 0.853. The first-order valence-electron chi connectivity index (χ1n) is 8.35. The third kappa shape index (κ3) is 2.94. The van der Waals surface area contributed by atoms with E-state index in [1.54, 1.807) is 11.3 Å². The van der Waals surface area contributed by atoms with E-state index in [0.29, 0.717) is 0 Å². The van der Waals surface area contributed by atoms with Crippen LogP contribution in [0.5, 0.6) is 0 Å². The van der Waals surface area contributed by atoms with Crippen LogP contribution < -0.4 is 9.80 Å². The van der Waals surface area contributed by atoms with Crippen LogP contribution in [-0.4, -0.2) is 41.1 Å².